The highest BCUT2D eigenvalue weighted by atomic mass is 14.9. The van der Waals surface area contributed by atoms with Gasteiger partial charge in [0, 0.05) is 16.7 Å². The van der Waals surface area contributed by atoms with Gasteiger partial charge in [-0.05, 0) is 124 Å². The normalized spacial score (nSPS) is 22.9. The number of hydrogen-bond donors (Lipinski definition) is 0. The molecule has 2 unspecified atom stereocenters. The van der Waals surface area contributed by atoms with Crippen LogP contribution in [-0.4, -0.2) is 9.97 Å². The van der Waals surface area contributed by atoms with Crippen LogP contribution < -0.4 is 0 Å². The molecule has 4 aliphatic rings. The summed E-state index contributed by atoms with van der Waals surface area (Å²) in [6, 6.07) is 49.0. The summed E-state index contributed by atoms with van der Waals surface area (Å²) >= 11 is 0. The van der Waals surface area contributed by atoms with Crippen molar-refractivity contribution in [2.45, 2.75) is 102 Å². The van der Waals surface area contributed by atoms with Crippen molar-refractivity contribution in [1.29, 1.82) is 5.26 Å². The van der Waals surface area contributed by atoms with Gasteiger partial charge in [0.1, 0.15) is 0 Å². The van der Waals surface area contributed by atoms with E-state index in [4.69, 9.17) is 9.97 Å². The Labute approximate surface area is 333 Å². The average molecular weight is 732 g/mol. The fraction of sp³-hybridized carbons (Fsp3) is 0.340. The Bertz CT molecular complexity index is 2330. The van der Waals surface area contributed by atoms with Crippen LogP contribution in [0.15, 0.2) is 127 Å². The van der Waals surface area contributed by atoms with Crippen LogP contribution in [0.4, 0.5) is 0 Å². The van der Waals surface area contributed by atoms with E-state index in [0.29, 0.717) is 5.56 Å². The van der Waals surface area contributed by atoms with Gasteiger partial charge < -0.3 is 0 Å². The number of aromatic nitrogens is 2. The quantitative estimate of drug-likeness (QED) is 0.171. The van der Waals surface area contributed by atoms with Crippen molar-refractivity contribution in [3.8, 4) is 51.1 Å². The topological polar surface area (TPSA) is 49.6 Å². The zero-order valence-electron chi connectivity index (χ0n) is 33.9. The lowest BCUT2D eigenvalue weighted by atomic mass is 9.41. The predicted molar refractivity (Wildman–Crippen MR) is 230 cm³/mol. The Morgan fingerprint density at radius 3 is 1.27 bits per heavy atom. The first-order chi connectivity index (χ1) is 26.8. The van der Waals surface area contributed by atoms with E-state index in [1.54, 1.807) is 0 Å². The Hall–Kier alpha value is -5.33. The molecule has 3 nitrogen and oxygen atoms in total. The van der Waals surface area contributed by atoms with Gasteiger partial charge in [-0.15, -0.1) is 0 Å². The van der Waals surface area contributed by atoms with Crippen LogP contribution >= 0.6 is 0 Å². The lowest BCUT2D eigenvalue weighted by Crippen LogP contribution is -2.55. The first-order valence-corrected chi connectivity index (χ1v) is 20.6. The van der Waals surface area contributed by atoms with Crippen molar-refractivity contribution >= 4 is 0 Å². The van der Waals surface area contributed by atoms with Gasteiger partial charge in [0.15, 0.2) is 5.82 Å². The molecule has 4 bridgehead atoms. The SMILES string of the molecule is CC(C)(C)c1ccc(-c2cc(-c3ccc(C(C)(C)C)cc3)nc(-c3ccc(C45CC6CC(CC(c7ccc(-c8ccc(C#N)cc8)cc7)(C6)C4)C5)cc3)n2)cc1. The molecular weight excluding hydrogens is 679 g/mol. The summed E-state index contributed by atoms with van der Waals surface area (Å²) in [6.45, 7) is 13.5. The minimum Gasteiger partial charge on any atom is -0.228 e. The molecule has 0 radical (unpaired) electrons. The molecule has 0 spiro atoms. The van der Waals surface area contributed by atoms with Crippen molar-refractivity contribution in [2.75, 3.05) is 0 Å². The summed E-state index contributed by atoms with van der Waals surface area (Å²) in [7, 11) is 0. The zero-order chi connectivity index (χ0) is 38.9. The van der Waals surface area contributed by atoms with E-state index < -0.39 is 0 Å². The second-order valence-corrected chi connectivity index (χ2v) is 19.5. The monoisotopic (exact) mass is 731 g/mol. The molecule has 0 saturated heterocycles. The molecule has 6 aromatic rings. The molecule has 0 amide bonds. The van der Waals surface area contributed by atoms with Crippen LogP contribution in [0.25, 0.3) is 45.0 Å². The molecule has 0 N–H and O–H groups in total. The van der Waals surface area contributed by atoms with Gasteiger partial charge in [0.25, 0.3) is 0 Å². The molecule has 4 saturated carbocycles. The van der Waals surface area contributed by atoms with Gasteiger partial charge in [-0.2, -0.15) is 5.26 Å². The number of benzene rings is 5. The second kappa shape index (κ2) is 13.4. The van der Waals surface area contributed by atoms with Crippen LogP contribution in [-0.2, 0) is 21.7 Å². The average Bonchev–Trinajstić information content (AvgIpc) is 3.20. The molecule has 1 aromatic heterocycles. The maximum atomic E-state index is 9.25. The lowest BCUT2D eigenvalue weighted by molar-refractivity contribution is -0.0281. The minimum absolute atomic E-state index is 0.0885. The fourth-order valence-corrected chi connectivity index (χ4v) is 10.8. The Morgan fingerprint density at radius 2 is 0.875 bits per heavy atom. The van der Waals surface area contributed by atoms with Gasteiger partial charge in [-0.25, -0.2) is 9.97 Å². The Balaban J connectivity index is 1.04. The Morgan fingerprint density at radius 1 is 0.500 bits per heavy atom. The molecule has 0 aliphatic heterocycles. The first kappa shape index (κ1) is 36.3. The molecular formula is C53H53N3. The van der Waals surface area contributed by atoms with E-state index in [2.05, 4.69) is 163 Å². The van der Waals surface area contributed by atoms with E-state index in [1.807, 2.05) is 12.1 Å². The molecule has 1 heterocycles. The summed E-state index contributed by atoms with van der Waals surface area (Å²) in [6.07, 6.45) is 7.78. The van der Waals surface area contributed by atoms with Crippen LogP contribution in [0.3, 0.4) is 0 Å². The summed E-state index contributed by atoms with van der Waals surface area (Å²) in [5, 5.41) is 9.25. The van der Waals surface area contributed by atoms with Crippen LogP contribution in [0, 0.1) is 23.2 Å². The predicted octanol–water partition coefficient (Wildman–Crippen LogP) is 13.4. The summed E-state index contributed by atoms with van der Waals surface area (Å²) in [4.78, 5) is 10.5. The van der Waals surface area contributed by atoms with Crippen molar-refractivity contribution in [1.82, 2.24) is 9.97 Å². The summed E-state index contributed by atoms with van der Waals surface area (Å²) in [5.74, 6) is 2.31. The summed E-state index contributed by atoms with van der Waals surface area (Å²) in [5.41, 5.74) is 14.5. The van der Waals surface area contributed by atoms with Crippen LogP contribution in [0.5, 0.6) is 0 Å². The van der Waals surface area contributed by atoms with Crippen LogP contribution in [0.2, 0.25) is 0 Å². The maximum Gasteiger partial charge on any atom is 0.160 e. The zero-order valence-corrected chi connectivity index (χ0v) is 33.9. The molecule has 5 aromatic carbocycles. The lowest BCUT2D eigenvalue weighted by Gasteiger charge is -2.63. The Kier molecular flexibility index (Phi) is 8.70. The maximum absolute atomic E-state index is 9.25. The van der Waals surface area contributed by atoms with Crippen LogP contribution in [0.1, 0.15) is 108 Å². The van der Waals surface area contributed by atoms with E-state index in [-0.39, 0.29) is 21.7 Å². The second-order valence-electron chi connectivity index (χ2n) is 19.5. The third kappa shape index (κ3) is 6.68. The molecule has 4 fully saturated rings. The highest BCUT2D eigenvalue weighted by Crippen LogP contribution is 2.66. The number of nitrogens with zero attached hydrogens (tertiary/aromatic N) is 3. The third-order valence-electron chi connectivity index (χ3n) is 13.5. The minimum atomic E-state index is 0.0885. The molecule has 3 heteroatoms. The molecule has 56 heavy (non-hydrogen) atoms. The molecule has 10 rings (SSSR count). The smallest absolute Gasteiger partial charge is 0.160 e. The third-order valence-corrected chi connectivity index (χ3v) is 13.5. The van der Waals surface area contributed by atoms with Crippen molar-refractivity contribution in [2.24, 2.45) is 11.8 Å². The number of rotatable bonds is 6. The van der Waals surface area contributed by atoms with Gasteiger partial charge in [0.2, 0.25) is 0 Å². The summed E-state index contributed by atoms with van der Waals surface area (Å²) < 4.78 is 0. The highest BCUT2D eigenvalue weighted by molar-refractivity contribution is 5.72. The number of hydrogen-bond acceptors (Lipinski definition) is 3. The molecule has 280 valence electrons. The van der Waals surface area contributed by atoms with Gasteiger partial charge >= 0.3 is 0 Å². The van der Waals surface area contributed by atoms with Gasteiger partial charge in [-0.3, -0.25) is 0 Å². The van der Waals surface area contributed by atoms with Gasteiger partial charge in [0.05, 0.1) is 23.0 Å². The van der Waals surface area contributed by atoms with E-state index in [0.717, 1.165) is 51.3 Å². The molecule has 2 atom stereocenters. The van der Waals surface area contributed by atoms with Crippen molar-refractivity contribution < 1.29 is 0 Å². The standard InChI is InChI=1S/C53H53N3/c1-50(2,3)43-19-13-40(14-20-43)47-28-48(41-15-21-44(22-16-41)51(4,5)6)56-49(55-47)42-17-25-46(26-18-42)53-31-36-27-37(32-53)30-52(29-36,34-53)45-23-11-39(12-24-45)38-9-7-35(33-54)8-10-38/h7-26,28,36-37H,27,29-32,34H2,1-6H3. The highest BCUT2D eigenvalue weighted by Gasteiger charge is 2.58. The van der Waals surface area contributed by atoms with E-state index >= 15 is 0 Å². The van der Waals surface area contributed by atoms with E-state index in [1.165, 1.54) is 66.3 Å². The number of nitriles is 1. The largest absolute Gasteiger partial charge is 0.228 e. The van der Waals surface area contributed by atoms with E-state index in [9.17, 15) is 5.26 Å². The fourth-order valence-electron chi connectivity index (χ4n) is 10.8. The molecule has 4 aliphatic carbocycles. The first-order valence-electron chi connectivity index (χ1n) is 20.6. The van der Waals surface area contributed by atoms with Crippen molar-refractivity contribution in [3.05, 3.63) is 155 Å². The van der Waals surface area contributed by atoms with Gasteiger partial charge in [-0.1, -0.05) is 151 Å². The van der Waals surface area contributed by atoms with Crippen molar-refractivity contribution in [3.63, 3.8) is 0 Å².